The minimum atomic E-state index is 0.475. The average molecular weight is 293 g/mol. The van der Waals surface area contributed by atoms with E-state index in [0.29, 0.717) is 6.04 Å². The zero-order chi connectivity index (χ0) is 13.2. The monoisotopic (exact) mass is 292 g/mol. The van der Waals surface area contributed by atoms with Crippen molar-refractivity contribution in [2.45, 2.75) is 32.2 Å². The lowest BCUT2D eigenvalue weighted by molar-refractivity contribution is 0.476. The van der Waals surface area contributed by atoms with Gasteiger partial charge < -0.3 is 5.32 Å². The van der Waals surface area contributed by atoms with Crippen molar-refractivity contribution in [3.05, 3.63) is 39.9 Å². The van der Waals surface area contributed by atoms with Gasteiger partial charge in [0.1, 0.15) is 5.01 Å². The van der Waals surface area contributed by atoms with Crippen molar-refractivity contribution in [3.63, 3.8) is 0 Å². The topological polar surface area (TPSA) is 24.9 Å². The van der Waals surface area contributed by atoms with Gasteiger partial charge in [0.2, 0.25) is 0 Å². The van der Waals surface area contributed by atoms with Crippen molar-refractivity contribution in [2.24, 2.45) is 0 Å². The zero-order valence-corrected chi connectivity index (χ0v) is 12.5. The highest BCUT2D eigenvalue weighted by molar-refractivity contribution is 7.15. The number of fused-ring (bicyclic) bond motifs is 1. The molecular weight excluding hydrogens is 276 g/mol. The third kappa shape index (κ3) is 2.55. The molecule has 0 radical (unpaired) electrons. The second-order valence-electron chi connectivity index (χ2n) is 4.81. The molecule has 1 unspecified atom stereocenters. The number of thiazole rings is 1. The van der Waals surface area contributed by atoms with Crippen molar-refractivity contribution in [3.8, 4) is 10.6 Å². The van der Waals surface area contributed by atoms with E-state index in [4.69, 9.17) is 16.6 Å². The highest BCUT2D eigenvalue weighted by Gasteiger charge is 2.24. The maximum absolute atomic E-state index is 6.27. The molecule has 100 valence electrons. The van der Waals surface area contributed by atoms with E-state index in [1.54, 1.807) is 11.3 Å². The molecule has 0 bridgehead atoms. The second-order valence-corrected chi connectivity index (χ2v) is 6.25. The number of nitrogens with zero attached hydrogens (tertiary/aromatic N) is 1. The third-order valence-electron chi connectivity index (χ3n) is 3.51. The maximum atomic E-state index is 6.27. The number of hydrogen-bond acceptors (Lipinski definition) is 3. The summed E-state index contributed by atoms with van der Waals surface area (Å²) in [6.07, 6.45) is 3.53. The molecule has 1 atom stereocenters. The second kappa shape index (κ2) is 5.61. The SMILES string of the molecule is CCNC1CCCc2nc(-c3ccccc3Cl)sc21. The van der Waals surface area contributed by atoms with Crippen LogP contribution in [0, 0.1) is 0 Å². The molecule has 1 aromatic heterocycles. The lowest BCUT2D eigenvalue weighted by Gasteiger charge is -2.21. The number of hydrogen-bond donors (Lipinski definition) is 1. The first kappa shape index (κ1) is 13.1. The first-order chi connectivity index (χ1) is 9.29. The molecule has 3 rings (SSSR count). The Morgan fingerprint density at radius 2 is 2.26 bits per heavy atom. The van der Waals surface area contributed by atoms with Crippen LogP contribution in [0.1, 0.15) is 36.4 Å². The number of halogens is 1. The molecule has 1 heterocycles. The summed E-state index contributed by atoms with van der Waals surface area (Å²) < 4.78 is 0. The molecule has 0 saturated heterocycles. The number of aryl methyl sites for hydroxylation is 1. The van der Waals surface area contributed by atoms with Crippen molar-refractivity contribution >= 4 is 22.9 Å². The van der Waals surface area contributed by atoms with Gasteiger partial charge in [-0.1, -0.05) is 36.7 Å². The highest BCUT2D eigenvalue weighted by atomic mass is 35.5. The molecule has 4 heteroatoms. The lowest BCUT2D eigenvalue weighted by atomic mass is 9.98. The molecule has 0 saturated carbocycles. The molecule has 0 amide bonds. The van der Waals surface area contributed by atoms with Gasteiger partial charge in [-0.25, -0.2) is 4.98 Å². The Bertz CT molecular complexity index is 579. The van der Waals surface area contributed by atoms with Gasteiger partial charge in [0, 0.05) is 16.5 Å². The van der Waals surface area contributed by atoms with Crippen LogP contribution in [0.3, 0.4) is 0 Å². The van der Waals surface area contributed by atoms with Crippen LogP contribution in [0.4, 0.5) is 0 Å². The van der Waals surface area contributed by atoms with Crippen molar-refractivity contribution in [1.82, 2.24) is 10.3 Å². The van der Waals surface area contributed by atoms with Crippen LogP contribution in [0.5, 0.6) is 0 Å². The van der Waals surface area contributed by atoms with Crippen LogP contribution in [0.15, 0.2) is 24.3 Å². The first-order valence-electron chi connectivity index (χ1n) is 6.77. The van der Waals surface area contributed by atoms with Crippen LogP contribution >= 0.6 is 22.9 Å². The number of rotatable bonds is 3. The van der Waals surface area contributed by atoms with Gasteiger partial charge in [-0.15, -0.1) is 11.3 Å². The Morgan fingerprint density at radius 1 is 1.42 bits per heavy atom. The summed E-state index contributed by atoms with van der Waals surface area (Å²) in [6.45, 7) is 3.16. The van der Waals surface area contributed by atoms with Crippen LogP contribution in [0.25, 0.3) is 10.6 Å². The highest BCUT2D eigenvalue weighted by Crippen LogP contribution is 2.39. The normalized spacial score (nSPS) is 18.3. The molecule has 1 aliphatic rings. The predicted molar refractivity (Wildman–Crippen MR) is 81.9 cm³/mol. The van der Waals surface area contributed by atoms with Crippen LogP contribution in [0.2, 0.25) is 5.02 Å². The minimum Gasteiger partial charge on any atom is -0.309 e. The van der Waals surface area contributed by atoms with Crippen molar-refractivity contribution in [1.29, 1.82) is 0 Å². The Morgan fingerprint density at radius 3 is 3.05 bits per heavy atom. The van der Waals surface area contributed by atoms with Gasteiger partial charge >= 0.3 is 0 Å². The maximum Gasteiger partial charge on any atom is 0.125 e. The van der Waals surface area contributed by atoms with E-state index >= 15 is 0 Å². The number of nitrogens with one attached hydrogen (secondary N) is 1. The standard InChI is InChI=1S/C15H17ClN2S/c1-2-17-12-8-5-9-13-14(12)19-15(18-13)10-6-3-4-7-11(10)16/h3-4,6-7,12,17H,2,5,8-9H2,1H3. The van der Waals surface area contributed by atoms with Gasteiger partial charge in [-0.05, 0) is 31.9 Å². The molecular formula is C15H17ClN2S. The van der Waals surface area contributed by atoms with Crippen LogP contribution in [-0.2, 0) is 6.42 Å². The summed E-state index contributed by atoms with van der Waals surface area (Å²) in [4.78, 5) is 6.21. The Labute approximate surface area is 122 Å². The lowest BCUT2D eigenvalue weighted by Crippen LogP contribution is -2.23. The van der Waals surface area contributed by atoms with Gasteiger partial charge in [0.25, 0.3) is 0 Å². The predicted octanol–water partition coefficient (Wildman–Crippen LogP) is 4.45. The fourth-order valence-corrected chi connectivity index (χ4v) is 4.15. The number of aromatic nitrogens is 1. The summed E-state index contributed by atoms with van der Waals surface area (Å²) in [6, 6.07) is 8.43. The summed E-state index contributed by atoms with van der Waals surface area (Å²) >= 11 is 8.06. The summed E-state index contributed by atoms with van der Waals surface area (Å²) in [5.41, 5.74) is 2.32. The fraction of sp³-hybridized carbons (Fsp3) is 0.400. The summed E-state index contributed by atoms with van der Waals surface area (Å²) in [7, 11) is 0. The first-order valence-corrected chi connectivity index (χ1v) is 7.97. The molecule has 1 N–H and O–H groups in total. The van der Waals surface area contributed by atoms with Crippen molar-refractivity contribution in [2.75, 3.05) is 6.54 Å². The third-order valence-corrected chi connectivity index (χ3v) is 5.08. The van der Waals surface area contributed by atoms with E-state index in [1.807, 2.05) is 18.2 Å². The van der Waals surface area contributed by atoms with Crippen LogP contribution < -0.4 is 5.32 Å². The van der Waals surface area contributed by atoms with Gasteiger partial charge in [0.05, 0.1) is 10.7 Å². The molecule has 0 spiro atoms. The van der Waals surface area contributed by atoms with E-state index in [9.17, 15) is 0 Å². The van der Waals surface area contributed by atoms with Crippen LogP contribution in [-0.4, -0.2) is 11.5 Å². The molecule has 0 aliphatic heterocycles. The Kier molecular flexibility index (Phi) is 3.87. The summed E-state index contributed by atoms with van der Waals surface area (Å²) in [5.74, 6) is 0. The Hall–Kier alpha value is -0.900. The molecule has 1 aliphatic carbocycles. The smallest absolute Gasteiger partial charge is 0.125 e. The minimum absolute atomic E-state index is 0.475. The molecule has 19 heavy (non-hydrogen) atoms. The quantitative estimate of drug-likeness (QED) is 0.904. The molecule has 0 fully saturated rings. The fourth-order valence-electron chi connectivity index (χ4n) is 2.61. The van der Waals surface area contributed by atoms with E-state index in [-0.39, 0.29) is 0 Å². The zero-order valence-electron chi connectivity index (χ0n) is 10.9. The number of benzene rings is 1. The molecule has 2 nitrogen and oxygen atoms in total. The van der Waals surface area contributed by atoms with E-state index in [0.717, 1.165) is 28.6 Å². The van der Waals surface area contributed by atoms with Gasteiger partial charge in [-0.3, -0.25) is 0 Å². The average Bonchev–Trinajstić information content (AvgIpc) is 2.84. The van der Waals surface area contributed by atoms with Gasteiger partial charge in [0.15, 0.2) is 0 Å². The van der Waals surface area contributed by atoms with Gasteiger partial charge in [-0.2, -0.15) is 0 Å². The molecule has 1 aromatic carbocycles. The largest absolute Gasteiger partial charge is 0.309 e. The van der Waals surface area contributed by atoms with E-state index in [2.05, 4.69) is 18.3 Å². The Balaban J connectivity index is 2.00. The molecule has 2 aromatic rings. The van der Waals surface area contributed by atoms with E-state index in [1.165, 1.54) is 23.4 Å². The van der Waals surface area contributed by atoms with Crippen molar-refractivity contribution < 1.29 is 0 Å². The van der Waals surface area contributed by atoms with E-state index < -0.39 is 0 Å². The summed E-state index contributed by atoms with van der Waals surface area (Å²) in [5, 5.41) is 5.40.